The molecule has 3 rings (SSSR count). The molecule has 1 amide bonds. The van der Waals surface area contributed by atoms with Crippen LogP contribution < -0.4 is 4.80 Å². The number of amides is 1. The third-order valence-corrected chi connectivity index (χ3v) is 5.68. The predicted molar refractivity (Wildman–Crippen MR) is 97.9 cm³/mol. The molecule has 0 bridgehead atoms. The van der Waals surface area contributed by atoms with Gasteiger partial charge in [-0.25, -0.2) is 0 Å². The Balaban J connectivity index is 1.72. The number of hydrogen-bond acceptors (Lipinski definition) is 3. The number of carbonyl (C=O) groups excluding carboxylic acids is 1. The van der Waals surface area contributed by atoms with Gasteiger partial charge in [-0.2, -0.15) is 4.99 Å². The van der Waals surface area contributed by atoms with Crippen molar-refractivity contribution in [3.8, 4) is 0 Å². The van der Waals surface area contributed by atoms with Crippen molar-refractivity contribution in [2.24, 2.45) is 12.0 Å². The second kappa shape index (κ2) is 7.15. The molecule has 2 aromatic carbocycles. The fourth-order valence-electron chi connectivity index (χ4n) is 2.44. The quantitative estimate of drug-likeness (QED) is 0.667. The second-order valence-corrected chi connectivity index (χ2v) is 7.46. The van der Waals surface area contributed by atoms with Gasteiger partial charge in [0, 0.05) is 24.1 Å². The molecule has 0 aliphatic rings. The van der Waals surface area contributed by atoms with Crippen molar-refractivity contribution >= 4 is 39.2 Å². The van der Waals surface area contributed by atoms with Crippen molar-refractivity contribution in [2.75, 3.05) is 5.75 Å². The molecule has 1 aromatic heterocycles. The summed E-state index contributed by atoms with van der Waals surface area (Å²) >= 11 is 3.25. The van der Waals surface area contributed by atoms with E-state index in [0.29, 0.717) is 6.42 Å². The third kappa shape index (κ3) is 3.74. The number of fused-ring (bicyclic) bond motifs is 1. The van der Waals surface area contributed by atoms with Gasteiger partial charge in [-0.3, -0.25) is 4.79 Å². The van der Waals surface area contributed by atoms with Crippen LogP contribution in [-0.2, 0) is 11.8 Å². The summed E-state index contributed by atoms with van der Waals surface area (Å²) in [5, 5.41) is 0. The summed E-state index contributed by atoms with van der Waals surface area (Å²) < 4.78 is 3.18. The van der Waals surface area contributed by atoms with E-state index in [2.05, 4.69) is 36.2 Å². The summed E-state index contributed by atoms with van der Waals surface area (Å²) in [5.74, 6) is 0.688. The maximum atomic E-state index is 12.1. The number of carbonyl (C=O) groups is 1. The average molecular weight is 342 g/mol. The molecule has 23 heavy (non-hydrogen) atoms. The van der Waals surface area contributed by atoms with Crippen LogP contribution in [-0.4, -0.2) is 16.2 Å². The van der Waals surface area contributed by atoms with Crippen LogP contribution in [0.1, 0.15) is 12.0 Å². The van der Waals surface area contributed by atoms with Crippen molar-refractivity contribution in [2.45, 2.75) is 18.2 Å². The van der Waals surface area contributed by atoms with E-state index in [-0.39, 0.29) is 5.91 Å². The zero-order valence-corrected chi connectivity index (χ0v) is 14.8. The maximum absolute atomic E-state index is 12.1. The first-order valence-electron chi connectivity index (χ1n) is 7.46. The Kier molecular flexibility index (Phi) is 4.98. The smallest absolute Gasteiger partial charge is 0.249 e. The number of aromatic nitrogens is 1. The molecule has 3 nitrogen and oxygen atoms in total. The van der Waals surface area contributed by atoms with Gasteiger partial charge in [0.1, 0.15) is 0 Å². The molecule has 0 aliphatic carbocycles. The molecule has 1 heterocycles. The summed E-state index contributed by atoms with van der Waals surface area (Å²) in [5.41, 5.74) is 2.36. The summed E-state index contributed by atoms with van der Waals surface area (Å²) in [6.45, 7) is 2.08. The Morgan fingerprint density at radius 3 is 2.70 bits per heavy atom. The lowest BCUT2D eigenvalue weighted by Crippen LogP contribution is -2.13. The number of hydrogen-bond donors (Lipinski definition) is 0. The lowest BCUT2D eigenvalue weighted by molar-refractivity contribution is -0.117. The molecule has 5 heteroatoms. The van der Waals surface area contributed by atoms with Crippen LogP contribution in [0.5, 0.6) is 0 Å². The van der Waals surface area contributed by atoms with Crippen molar-refractivity contribution in [3.05, 3.63) is 58.9 Å². The highest BCUT2D eigenvalue weighted by atomic mass is 32.2. The molecule has 0 unspecified atom stereocenters. The first-order valence-corrected chi connectivity index (χ1v) is 9.26. The minimum Gasteiger partial charge on any atom is -0.319 e. The molecule has 3 aromatic rings. The standard InChI is InChI=1S/C18H18N2OS2/c1-13-7-6-10-15-17(13)20(2)18(23-15)19-16(21)11-12-22-14-8-4-3-5-9-14/h3-10H,11-12H2,1-2H3. The van der Waals surface area contributed by atoms with Crippen molar-refractivity contribution in [1.82, 2.24) is 4.57 Å². The Hall–Kier alpha value is -1.85. The molecule has 118 valence electrons. The van der Waals surface area contributed by atoms with Gasteiger partial charge in [-0.15, -0.1) is 11.8 Å². The molecule has 0 spiro atoms. The number of para-hydroxylation sites is 1. The number of nitrogens with zero attached hydrogens (tertiary/aromatic N) is 2. The highest BCUT2D eigenvalue weighted by molar-refractivity contribution is 7.99. The van der Waals surface area contributed by atoms with E-state index in [1.54, 1.807) is 23.1 Å². The van der Waals surface area contributed by atoms with Crippen LogP contribution in [0.2, 0.25) is 0 Å². The Labute approximate surface area is 143 Å². The summed E-state index contributed by atoms with van der Waals surface area (Å²) in [4.78, 5) is 18.4. The van der Waals surface area contributed by atoms with Crippen LogP contribution in [0.25, 0.3) is 10.2 Å². The maximum Gasteiger partial charge on any atom is 0.249 e. The SMILES string of the molecule is Cc1cccc2sc(=NC(=O)CCSc3ccccc3)n(C)c12. The molecule has 0 fully saturated rings. The van der Waals surface area contributed by atoms with Crippen LogP contribution in [0.15, 0.2) is 58.4 Å². The monoisotopic (exact) mass is 342 g/mol. The van der Waals surface area contributed by atoms with E-state index in [0.717, 1.165) is 20.8 Å². The van der Waals surface area contributed by atoms with Gasteiger partial charge in [0.15, 0.2) is 4.80 Å². The van der Waals surface area contributed by atoms with Gasteiger partial charge in [0.05, 0.1) is 10.2 Å². The second-order valence-electron chi connectivity index (χ2n) is 5.28. The molecule has 0 radical (unpaired) electrons. The van der Waals surface area contributed by atoms with Gasteiger partial charge in [-0.1, -0.05) is 41.7 Å². The number of thioether (sulfide) groups is 1. The number of aryl methyl sites for hydroxylation is 2. The molecule has 0 aliphatic heterocycles. The van der Waals surface area contributed by atoms with Crippen molar-refractivity contribution in [1.29, 1.82) is 0 Å². The van der Waals surface area contributed by atoms with E-state index >= 15 is 0 Å². The molecule has 0 saturated carbocycles. The molecule has 0 atom stereocenters. The lowest BCUT2D eigenvalue weighted by atomic mass is 10.2. The zero-order valence-electron chi connectivity index (χ0n) is 13.2. The molecular weight excluding hydrogens is 324 g/mol. The van der Waals surface area contributed by atoms with Gasteiger partial charge >= 0.3 is 0 Å². The van der Waals surface area contributed by atoms with Gasteiger partial charge in [-0.05, 0) is 30.7 Å². The lowest BCUT2D eigenvalue weighted by Gasteiger charge is -2.00. The predicted octanol–water partition coefficient (Wildman–Crippen LogP) is 4.16. The first-order chi connectivity index (χ1) is 11.1. The number of benzene rings is 2. The minimum absolute atomic E-state index is 0.0618. The first kappa shape index (κ1) is 16.0. The van der Waals surface area contributed by atoms with Crippen LogP contribution in [0.3, 0.4) is 0 Å². The molecular formula is C18H18N2OS2. The Morgan fingerprint density at radius 1 is 1.17 bits per heavy atom. The largest absolute Gasteiger partial charge is 0.319 e. The van der Waals surface area contributed by atoms with E-state index in [1.165, 1.54) is 10.5 Å². The number of rotatable bonds is 4. The van der Waals surface area contributed by atoms with Crippen LogP contribution >= 0.6 is 23.1 Å². The minimum atomic E-state index is -0.0618. The zero-order chi connectivity index (χ0) is 16.2. The van der Waals surface area contributed by atoms with Crippen molar-refractivity contribution in [3.63, 3.8) is 0 Å². The molecule has 0 saturated heterocycles. The normalized spacial score (nSPS) is 12.0. The highest BCUT2D eigenvalue weighted by Crippen LogP contribution is 2.20. The van der Waals surface area contributed by atoms with E-state index < -0.39 is 0 Å². The van der Waals surface area contributed by atoms with Crippen LogP contribution in [0.4, 0.5) is 0 Å². The number of thiazole rings is 1. The van der Waals surface area contributed by atoms with E-state index in [4.69, 9.17) is 0 Å². The summed E-state index contributed by atoms with van der Waals surface area (Å²) in [7, 11) is 1.97. The van der Waals surface area contributed by atoms with E-state index in [9.17, 15) is 4.79 Å². The fourth-order valence-corrected chi connectivity index (χ4v) is 4.42. The van der Waals surface area contributed by atoms with Gasteiger partial charge in [0.25, 0.3) is 0 Å². The molecule has 0 N–H and O–H groups in total. The van der Waals surface area contributed by atoms with Crippen LogP contribution in [0, 0.1) is 6.92 Å². The van der Waals surface area contributed by atoms with E-state index in [1.807, 2.05) is 35.9 Å². The summed E-state index contributed by atoms with van der Waals surface area (Å²) in [6.07, 6.45) is 0.451. The Bertz CT molecular complexity index is 894. The highest BCUT2D eigenvalue weighted by Gasteiger charge is 2.07. The third-order valence-electron chi connectivity index (χ3n) is 3.57. The van der Waals surface area contributed by atoms with Gasteiger partial charge < -0.3 is 4.57 Å². The average Bonchev–Trinajstić information content (AvgIpc) is 2.86. The van der Waals surface area contributed by atoms with Crippen molar-refractivity contribution < 1.29 is 4.79 Å². The Morgan fingerprint density at radius 2 is 1.96 bits per heavy atom. The summed E-state index contributed by atoms with van der Waals surface area (Å²) in [6, 6.07) is 16.3. The fraction of sp³-hybridized carbons (Fsp3) is 0.222. The van der Waals surface area contributed by atoms with Gasteiger partial charge in [0.2, 0.25) is 5.91 Å². The topological polar surface area (TPSA) is 34.4 Å².